The summed E-state index contributed by atoms with van der Waals surface area (Å²) < 4.78 is 84.4. The number of benzene rings is 1. The van der Waals surface area contributed by atoms with Crippen LogP contribution in [-0.4, -0.2) is 94.3 Å². The van der Waals surface area contributed by atoms with Crippen LogP contribution in [0.3, 0.4) is 0 Å². The van der Waals surface area contributed by atoms with Crippen molar-refractivity contribution in [1.29, 1.82) is 0 Å². The summed E-state index contributed by atoms with van der Waals surface area (Å²) in [5.41, 5.74) is -1.80. The van der Waals surface area contributed by atoms with Gasteiger partial charge in [-0.25, -0.2) is 31.3 Å². The Labute approximate surface area is 253 Å². The second-order valence-electron chi connectivity index (χ2n) is 11.1. The van der Waals surface area contributed by atoms with Crippen molar-refractivity contribution >= 4 is 11.8 Å². The summed E-state index contributed by atoms with van der Waals surface area (Å²) in [5.74, 6) is -7.41. The number of hydrogen-bond acceptors (Lipinski definition) is 10. The van der Waals surface area contributed by atoms with Crippen molar-refractivity contribution in [2.75, 3.05) is 13.7 Å². The van der Waals surface area contributed by atoms with E-state index in [4.69, 9.17) is 9.47 Å². The minimum atomic E-state index is -2.92. The zero-order valence-corrected chi connectivity index (χ0v) is 24.9. The summed E-state index contributed by atoms with van der Waals surface area (Å²) in [4.78, 5) is 0. The average molecular weight is 649 g/mol. The van der Waals surface area contributed by atoms with Gasteiger partial charge in [0, 0.05) is 32.1 Å². The number of aliphatic hydroxyl groups is 3. The van der Waals surface area contributed by atoms with E-state index >= 15 is 0 Å². The van der Waals surface area contributed by atoms with Crippen LogP contribution in [0.15, 0.2) is 18.3 Å². The van der Waals surface area contributed by atoms with Gasteiger partial charge in [-0.15, -0.1) is 22.0 Å². The maximum absolute atomic E-state index is 14.2. The van der Waals surface area contributed by atoms with E-state index in [2.05, 4.69) is 20.6 Å². The molecule has 1 saturated carbocycles. The number of nitrogens with zero attached hydrogens (tertiary/aromatic N) is 6. The molecule has 0 amide bonds. The zero-order chi connectivity index (χ0) is 32.0. The maximum atomic E-state index is 14.2. The Kier molecular flexibility index (Phi) is 9.36. The summed E-state index contributed by atoms with van der Waals surface area (Å²) in [6.45, 7) is 3.27. The number of aliphatic hydroxyl groups excluding tert-OH is 2. The molecule has 3 aromatic rings. The minimum Gasteiger partial charge on any atom is -0.394 e. The molecule has 0 unspecified atom stereocenters. The summed E-state index contributed by atoms with van der Waals surface area (Å²) in [6, 6.07) is 0.422. The normalized spacial score (nSPS) is 27.4. The molecule has 6 atom stereocenters. The minimum absolute atomic E-state index is 0.0371. The van der Waals surface area contributed by atoms with Gasteiger partial charge < -0.3 is 24.8 Å². The van der Waals surface area contributed by atoms with Crippen molar-refractivity contribution < 1.29 is 46.7 Å². The molecule has 3 heterocycles. The van der Waals surface area contributed by atoms with Gasteiger partial charge in [-0.1, -0.05) is 10.4 Å². The number of halogens is 5. The summed E-state index contributed by atoms with van der Waals surface area (Å²) in [6.07, 6.45) is -3.85. The monoisotopic (exact) mass is 648 g/mol. The lowest BCUT2D eigenvalue weighted by molar-refractivity contribution is -0.186. The Morgan fingerprint density at radius 2 is 1.77 bits per heavy atom. The molecule has 1 saturated heterocycles. The lowest BCUT2D eigenvalue weighted by atomic mass is 9.79. The molecule has 2 aromatic heterocycles. The van der Waals surface area contributed by atoms with Crippen molar-refractivity contribution in [1.82, 2.24) is 30.0 Å². The van der Waals surface area contributed by atoms with Gasteiger partial charge in [0.05, 0.1) is 35.0 Å². The van der Waals surface area contributed by atoms with Crippen LogP contribution in [0.2, 0.25) is 0 Å². The fraction of sp³-hybridized carbons (Fsp3) is 0.630. The fourth-order valence-corrected chi connectivity index (χ4v) is 7.65. The third-order valence-electron chi connectivity index (χ3n) is 8.30. The van der Waals surface area contributed by atoms with E-state index in [1.54, 1.807) is 11.6 Å². The Hall–Kier alpha value is -2.70. The van der Waals surface area contributed by atoms with Gasteiger partial charge in [-0.05, 0) is 38.8 Å². The second kappa shape index (κ2) is 12.6. The predicted molar refractivity (Wildman–Crippen MR) is 146 cm³/mol. The number of methoxy groups -OCH3 is 1. The molecule has 2 aliphatic rings. The van der Waals surface area contributed by atoms with Gasteiger partial charge >= 0.3 is 0 Å². The molecule has 1 aliphatic carbocycles. The highest BCUT2D eigenvalue weighted by Gasteiger charge is 2.53. The van der Waals surface area contributed by atoms with E-state index in [0.717, 1.165) is 23.9 Å². The molecule has 2 fully saturated rings. The van der Waals surface area contributed by atoms with E-state index < -0.39 is 83.5 Å². The Morgan fingerprint density at radius 3 is 2.36 bits per heavy atom. The highest BCUT2D eigenvalue weighted by molar-refractivity contribution is 8.00. The van der Waals surface area contributed by atoms with Crippen LogP contribution < -0.4 is 0 Å². The number of ether oxygens (including phenoxy) is 2. The van der Waals surface area contributed by atoms with E-state index in [0.29, 0.717) is 17.9 Å². The summed E-state index contributed by atoms with van der Waals surface area (Å²) in [5, 5.41) is 48.6. The largest absolute Gasteiger partial charge is 0.394 e. The first-order chi connectivity index (χ1) is 20.8. The highest BCUT2D eigenvalue weighted by atomic mass is 32.2. The first kappa shape index (κ1) is 32.7. The molecular formula is C27H33F5N6O5S. The van der Waals surface area contributed by atoms with Gasteiger partial charge in [-0.3, -0.25) is 0 Å². The molecule has 44 heavy (non-hydrogen) atoms. The Bertz CT molecular complexity index is 1440. The van der Waals surface area contributed by atoms with Gasteiger partial charge in [0.1, 0.15) is 35.5 Å². The quantitative estimate of drug-likeness (QED) is 0.234. The first-order valence-electron chi connectivity index (χ1n) is 14.0. The molecule has 1 aromatic carbocycles. The van der Waals surface area contributed by atoms with E-state index in [1.165, 1.54) is 18.0 Å². The molecule has 5 rings (SSSR count). The summed E-state index contributed by atoms with van der Waals surface area (Å²) >= 11 is 1.07. The molecule has 17 heteroatoms. The van der Waals surface area contributed by atoms with Crippen molar-refractivity contribution in [2.45, 2.75) is 92.6 Å². The molecule has 0 spiro atoms. The second-order valence-corrected chi connectivity index (χ2v) is 12.3. The third kappa shape index (κ3) is 6.09. The lowest BCUT2D eigenvalue weighted by Crippen LogP contribution is -2.56. The molecule has 1 aliphatic heterocycles. The molecule has 242 valence electrons. The first-order valence-corrected chi connectivity index (χ1v) is 15.0. The van der Waals surface area contributed by atoms with Gasteiger partial charge in [0.25, 0.3) is 0 Å². The van der Waals surface area contributed by atoms with E-state index in [9.17, 15) is 37.3 Å². The van der Waals surface area contributed by atoms with E-state index in [-0.39, 0.29) is 24.1 Å². The summed E-state index contributed by atoms with van der Waals surface area (Å²) in [7, 11) is 1.34. The number of alkyl halides is 2. The van der Waals surface area contributed by atoms with Crippen LogP contribution in [0.25, 0.3) is 11.3 Å². The van der Waals surface area contributed by atoms with Gasteiger partial charge in [0.15, 0.2) is 17.5 Å². The fourth-order valence-electron chi connectivity index (χ4n) is 5.84. The average Bonchev–Trinajstić information content (AvgIpc) is 3.63. The number of aromatic nitrogens is 6. The van der Waals surface area contributed by atoms with Crippen molar-refractivity contribution in [3.8, 4) is 11.3 Å². The third-order valence-corrected chi connectivity index (χ3v) is 9.88. The van der Waals surface area contributed by atoms with Gasteiger partial charge in [-0.2, -0.15) is 0 Å². The zero-order valence-electron chi connectivity index (χ0n) is 24.1. The smallest absolute Gasteiger partial charge is 0.248 e. The van der Waals surface area contributed by atoms with Gasteiger partial charge in [0.2, 0.25) is 5.92 Å². The standard InChI is InChI=1S/C27H33F5N6O5S/c1-4-37-20(13(2)33-35-37)24(26(41)5-7-27(31,32)8-6-26)44-25-23(42-3)21(22(40)18(12-39)43-25)38-11-17(34-36-38)14-9-15(28)19(30)16(29)10-14/h9-11,18,21-25,39-41H,4-8,12H2,1-3H3/t18-,21+,22+,23-,24+,25+/m1/s1. The van der Waals surface area contributed by atoms with Crippen molar-refractivity contribution in [3.63, 3.8) is 0 Å². The Morgan fingerprint density at radius 1 is 1.11 bits per heavy atom. The van der Waals surface area contributed by atoms with Crippen molar-refractivity contribution in [3.05, 3.63) is 47.2 Å². The van der Waals surface area contributed by atoms with Crippen LogP contribution in [0.1, 0.15) is 55.3 Å². The molecule has 3 N–H and O–H groups in total. The van der Waals surface area contributed by atoms with Crippen LogP contribution in [0.4, 0.5) is 22.0 Å². The van der Waals surface area contributed by atoms with Crippen LogP contribution in [0.5, 0.6) is 0 Å². The number of rotatable bonds is 9. The maximum Gasteiger partial charge on any atom is 0.248 e. The predicted octanol–water partition coefficient (Wildman–Crippen LogP) is 3.33. The number of aryl methyl sites for hydroxylation is 2. The lowest BCUT2D eigenvalue weighted by Gasteiger charge is -2.47. The number of thioether (sulfide) groups is 1. The molecular weight excluding hydrogens is 615 g/mol. The molecule has 0 radical (unpaired) electrons. The van der Waals surface area contributed by atoms with Crippen LogP contribution in [-0.2, 0) is 16.0 Å². The Balaban J connectivity index is 1.52. The van der Waals surface area contributed by atoms with Crippen LogP contribution >= 0.6 is 11.8 Å². The number of hydrogen-bond donors (Lipinski definition) is 3. The van der Waals surface area contributed by atoms with Crippen LogP contribution in [0, 0.1) is 24.4 Å². The van der Waals surface area contributed by atoms with E-state index in [1.807, 2.05) is 6.92 Å². The van der Waals surface area contributed by atoms with Crippen molar-refractivity contribution in [2.24, 2.45) is 0 Å². The molecule has 11 nitrogen and oxygen atoms in total. The molecule has 0 bridgehead atoms. The SMILES string of the molecule is CCn1nnc(C)c1[C@H](S[C@@H]1O[C@H](CO)[C@H](O)[C@H](n2cc(-c3cc(F)c(F)c(F)c3)nn2)[C@H]1OC)C1(O)CCC(F)(F)CC1. The highest BCUT2D eigenvalue weighted by Crippen LogP contribution is 2.53. The topological polar surface area (TPSA) is 141 Å².